The van der Waals surface area contributed by atoms with Crippen LogP contribution in [0.25, 0.3) is 0 Å². The second kappa shape index (κ2) is 13.5. The molecule has 1 aromatic carbocycles. The lowest BCUT2D eigenvalue weighted by atomic mass is 9.90. The second-order valence-corrected chi connectivity index (χ2v) is 5.93. The van der Waals surface area contributed by atoms with Crippen LogP contribution in [0.2, 0.25) is 0 Å². The normalized spacial score (nSPS) is 11.8. The summed E-state index contributed by atoms with van der Waals surface area (Å²) in [6.07, 6.45) is 3.19. The molecule has 1 rings (SSSR count). The van der Waals surface area contributed by atoms with Crippen molar-refractivity contribution in [2.24, 2.45) is 5.73 Å². The van der Waals surface area contributed by atoms with Gasteiger partial charge in [0.1, 0.15) is 0 Å². The van der Waals surface area contributed by atoms with Crippen molar-refractivity contribution in [1.82, 2.24) is 10.6 Å². The predicted molar refractivity (Wildman–Crippen MR) is 107 cm³/mol. The summed E-state index contributed by atoms with van der Waals surface area (Å²) in [6.45, 7) is 7.72. The second-order valence-electron chi connectivity index (χ2n) is 5.93. The molecule has 4 nitrogen and oxygen atoms in total. The van der Waals surface area contributed by atoms with Crippen molar-refractivity contribution in [2.45, 2.75) is 58.0 Å². The van der Waals surface area contributed by atoms with E-state index >= 15 is 0 Å². The van der Waals surface area contributed by atoms with Crippen molar-refractivity contribution >= 4 is 30.7 Å². The third kappa shape index (κ3) is 8.34. The molecule has 0 heterocycles. The highest BCUT2D eigenvalue weighted by Gasteiger charge is 2.28. The van der Waals surface area contributed by atoms with Gasteiger partial charge in [-0.2, -0.15) is 0 Å². The van der Waals surface area contributed by atoms with Crippen molar-refractivity contribution in [3.63, 3.8) is 0 Å². The Bertz CT molecular complexity index is 439. The number of hydrogen-bond donors (Lipinski definition) is 3. The first-order chi connectivity index (χ1) is 10.6. The minimum absolute atomic E-state index is 0. The lowest BCUT2D eigenvalue weighted by molar-refractivity contribution is -0.121. The van der Waals surface area contributed by atoms with E-state index < -0.39 is 0 Å². The van der Waals surface area contributed by atoms with Gasteiger partial charge in [-0.05, 0) is 38.3 Å². The highest BCUT2D eigenvalue weighted by atomic mass is 35.5. The van der Waals surface area contributed by atoms with Crippen molar-refractivity contribution in [3.05, 3.63) is 35.9 Å². The Balaban J connectivity index is 0. The Labute approximate surface area is 159 Å². The van der Waals surface area contributed by atoms with Crippen LogP contribution < -0.4 is 16.4 Å². The average molecular weight is 378 g/mol. The van der Waals surface area contributed by atoms with Gasteiger partial charge in [0.2, 0.25) is 5.91 Å². The van der Waals surface area contributed by atoms with Gasteiger partial charge >= 0.3 is 0 Å². The summed E-state index contributed by atoms with van der Waals surface area (Å²) in [6, 6.07) is 10.7. The maximum absolute atomic E-state index is 11.8. The van der Waals surface area contributed by atoms with Crippen LogP contribution in [0.3, 0.4) is 0 Å². The molecule has 140 valence electrons. The first-order valence-corrected chi connectivity index (χ1v) is 8.36. The standard InChI is InChI=1S/C18H31N3O.2ClH/c1-4-18(5-2,14-20-17(22)12-9-13-19)21-15(3)16-10-7-6-8-11-16;;/h6-8,10-11,15,21H,4-5,9,12-14,19H2,1-3H3,(H,20,22);2*1H. The Morgan fingerprint density at radius 2 is 1.75 bits per heavy atom. The van der Waals surface area contributed by atoms with E-state index in [1.807, 2.05) is 6.07 Å². The van der Waals surface area contributed by atoms with Gasteiger partial charge < -0.3 is 16.4 Å². The number of hydrogen-bond acceptors (Lipinski definition) is 3. The van der Waals surface area contributed by atoms with Gasteiger partial charge in [0.25, 0.3) is 0 Å². The molecule has 0 aliphatic rings. The summed E-state index contributed by atoms with van der Waals surface area (Å²) in [4.78, 5) is 11.8. The Hall–Kier alpha value is -0.810. The highest BCUT2D eigenvalue weighted by Crippen LogP contribution is 2.21. The molecule has 0 aromatic heterocycles. The summed E-state index contributed by atoms with van der Waals surface area (Å²) >= 11 is 0. The molecular weight excluding hydrogens is 345 g/mol. The first-order valence-electron chi connectivity index (χ1n) is 8.36. The Morgan fingerprint density at radius 3 is 2.25 bits per heavy atom. The molecule has 0 bridgehead atoms. The molecule has 0 aliphatic carbocycles. The molecule has 0 saturated carbocycles. The quantitative estimate of drug-likeness (QED) is 0.583. The monoisotopic (exact) mass is 377 g/mol. The van der Waals surface area contributed by atoms with Crippen molar-refractivity contribution in [2.75, 3.05) is 13.1 Å². The topological polar surface area (TPSA) is 67.2 Å². The van der Waals surface area contributed by atoms with Gasteiger partial charge in [-0.15, -0.1) is 24.8 Å². The smallest absolute Gasteiger partial charge is 0.220 e. The van der Waals surface area contributed by atoms with Crippen LogP contribution >= 0.6 is 24.8 Å². The van der Waals surface area contributed by atoms with E-state index in [0.717, 1.165) is 19.3 Å². The first kappa shape index (κ1) is 25.4. The van der Waals surface area contributed by atoms with Gasteiger partial charge in [0, 0.05) is 24.5 Å². The minimum atomic E-state index is -0.0758. The number of amides is 1. The van der Waals surface area contributed by atoms with Crippen LogP contribution in [-0.4, -0.2) is 24.5 Å². The maximum Gasteiger partial charge on any atom is 0.220 e. The molecule has 0 spiro atoms. The molecule has 4 N–H and O–H groups in total. The van der Waals surface area contributed by atoms with Gasteiger partial charge in [0.15, 0.2) is 0 Å². The summed E-state index contributed by atoms with van der Waals surface area (Å²) in [5.41, 5.74) is 6.64. The number of benzene rings is 1. The molecule has 24 heavy (non-hydrogen) atoms. The minimum Gasteiger partial charge on any atom is -0.354 e. The molecule has 1 unspecified atom stereocenters. The van der Waals surface area contributed by atoms with E-state index in [-0.39, 0.29) is 42.3 Å². The number of carbonyl (C=O) groups excluding carboxylic acids is 1. The van der Waals surface area contributed by atoms with Crippen LogP contribution in [0.4, 0.5) is 0 Å². The average Bonchev–Trinajstić information content (AvgIpc) is 2.57. The SMILES string of the molecule is CCC(CC)(CNC(=O)CCCN)NC(C)c1ccccc1.Cl.Cl. The van der Waals surface area contributed by atoms with Crippen LogP contribution in [0.1, 0.15) is 58.1 Å². The fraction of sp³-hybridized carbons (Fsp3) is 0.611. The summed E-state index contributed by atoms with van der Waals surface area (Å²) < 4.78 is 0. The van der Waals surface area contributed by atoms with Gasteiger partial charge in [-0.25, -0.2) is 0 Å². The molecule has 1 amide bonds. The Morgan fingerprint density at radius 1 is 1.17 bits per heavy atom. The fourth-order valence-corrected chi connectivity index (χ4v) is 2.66. The number of nitrogens with one attached hydrogen (secondary N) is 2. The van der Waals surface area contributed by atoms with Gasteiger partial charge in [-0.1, -0.05) is 44.2 Å². The van der Waals surface area contributed by atoms with Crippen LogP contribution in [0.5, 0.6) is 0 Å². The van der Waals surface area contributed by atoms with E-state index in [2.05, 4.69) is 55.7 Å². The van der Waals surface area contributed by atoms with Gasteiger partial charge in [0.05, 0.1) is 0 Å². The lowest BCUT2D eigenvalue weighted by Gasteiger charge is -2.36. The summed E-state index contributed by atoms with van der Waals surface area (Å²) in [7, 11) is 0. The van der Waals surface area contributed by atoms with E-state index in [9.17, 15) is 4.79 Å². The lowest BCUT2D eigenvalue weighted by Crippen LogP contribution is -2.53. The molecule has 1 aromatic rings. The fourth-order valence-electron chi connectivity index (χ4n) is 2.66. The zero-order chi connectivity index (χ0) is 16.4. The predicted octanol–water partition coefficient (Wildman–Crippen LogP) is 3.59. The number of halogens is 2. The van der Waals surface area contributed by atoms with Crippen LogP contribution in [0, 0.1) is 0 Å². The largest absolute Gasteiger partial charge is 0.354 e. The third-order valence-corrected chi connectivity index (χ3v) is 4.41. The van der Waals surface area contributed by atoms with E-state index in [1.165, 1.54) is 5.56 Å². The number of rotatable bonds is 10. The molecule has 1 atom stereocenters. The van der Waals surface area contributed by atoms with Crippen molar-refractivity contribution in [1.29, 1.82) is 0 Å². The molecule has 0 fully saturated rings. The number of carbonyl (C=O) groups is 1. The zero-order valence-electron chi connectivity index (χ0n) is 15.0. The third-order valence-electron chi connectivity index (χ3n) is 4.41. The van der Waals surface area contributed by atoms with Crippen LogP contribution in [-0.2, 0) is 4.79 Å². The van der Waals surface area contributed by atoms with E-state index in [1.54, 1.807) is 0 Å². The Kier molecular flexibility index (Phi) is 14.3. The zero-order valence-corrected chi connectivity index (χ0v) is 16.6. The molecule has 6 heteroatoms. The van der Waals surface area contributed by atoms with E-state index in [4.69, 9.17) is 5.73 Å². The summed E-state index contributed by atoms with van der Waals surface area (Å²) in [5.74, 6) is 0.0888. The highest BCUT2D eigenvalue weighted by molar-refractivity contribution is 5.85. The van der Waals surface area contributed by atoms with Crippen LogP contribution in [0.15, 0.2) is 30.3 Å². The molecule has 0 aliphatic heterocycles. The maximum atomic E-state index is 11.8. The molecule has 0 radical (unpaired) electrons. The molecule has 0 saturated heterocycles. The molecular formula is C18H33Cl2N3O. The van der Waals surface area contributed by atoms with Gasteiger partial charge in [-0.3, -0.25) is 4.79 Å². The van der Waals surface area contributed by atoms with Crippen molar-refractivity contribution < 1.29 is 4.79 Å². The number of nitrogens with two attached hydrogens (primary N) is 1. The van der Waals surface area contributed by atoms with E-state index in [0.29, 0.717) is 19.5 Å². The summed E-state index contributed by atoms with van der Waals surface area (Å²) in [5, 5.41) is 6.78. The van der Waals surface area contributed by atoms with Crippen molar-refractivity contribution in [3.8, 4) is 0 Å².